The number of ether oxygens (including phenoxy) is 1. The van der Waals surface area contributed by atoms with Crippen molar-refractivity contribution in [3.8, 4) is 0 Å². The quantitative estimate of drug-likeness (QED) is 0.918. The molecule has 2 atom stereocenters. The fourth-order valence-corrected chi connectivity index (χ4v) is 3.29. The van der Waals surface area contributed by atoms with Crippen molar-refractivity contribution in [1.82, 2.24) is 15.5 Å². The number of nitrogens with zero attached hydrogens (tertiary/aromatic N) is 2. The van der Waals surface area contributed by atoms with Crippen LogP contribution >= 0.6 is 0 Å². The fraction of sp³-hybridized carbons (Fsp3) is 0.867. The summed E-state index contributed by atoms with van der Waals surface area (Å²) in [6, 6.07) is 0.605. The van der Waals surface area contributed by atoms with Gasteiger partial charge in [0, 0.05) is 25.2 Å². The average Bonchev–Trinajstić information content (AvgIpc) is 2.96. The maximum Gasteiger partial charge on any atom is 0.229 e. The third-order valence-corrected chi connectivity index (χ3v) is 4.69. The normalized spacial score (nSPS) is 28.6. The predicted molar refractivity (Wildman–Crippen MR) is 75.4 cm³/mol. The van der Waals surface area contributed by atoms with E-state index < -0.39 is 0 Å². The summed E-state index contributed by atoms with van der Waals surface area (Å²) in [5.74, 6) is 2.73. The van der Waals surface area contributed by atoms with Crippen molar-refractivity contribution in [3.05, 3.63) is 11.7 Å². The molecule has 1 aliphatic carbocycles. The molecule has 1 aromatic rings. The van der Waals surface area contributed by atoms with Crippen LogP contribution in [0.15, 0.2) is 4.52 Å². The summed E-state index contributed by atoms with van der Waals surface area (Å²) in [6.45, 7) is 4.67. The molecule has 0 aromatic carbocycles. The van der Waals surface area contributed by atoms with Crippen LogP contribution < -0.4 is 5.32 Å². The lowest BCUT2D eigenvalue weighted by Crippen LogP contribution is -2.36. The van der Waals surface area contributed by atoms with E-state index in [1.165, 1.54) is 25.7 Å². The lowest BCUT2D eigenvalue weighted by Gasteiger charge is -2.29. The first-order valence-corrected chi connectivity index (χ1v) is 7.96. The molecule has 2 heterocycles. The summed E-state index contributed by atoms with van der Waals surface area (Å²) in [4.78, 5) is 4.55. The number of hydrogen-bond donors (Lipinski definition) is 1. The van der Waals surface area contributed by atoms with E-state index in [2.05, 4.69) is 22.4 Å². The van der Waals surface area contributed by atoms with Crippen LogP contribution in [0.3, 0.4) is 0 Å². The molecule has 0 spiro atoms. The minimum Gasteiger partial charge on any atom is -0.381 e. The smallest absolute Gasteiger partial charge is 0.229 e. The van der Waals surface area contributed by atoms with Crippen molar-refractivity contribution in [3.63, 3.8) is 0 Å². The van der Waals surface area contributed by atoms with Gasteiger partial charge in [-0.3, -0.25) is 0 Å². The van der Waals surface area contributed by atoms with Crippen LogP contribution in [0.2, 0.25) is 0 Å². The maximum absolute atomic E-state index is 5.41. The number of aromatic nitrogens is 2. The minimum absolute atomic E-state index is 0.388. The predicted octanol–water partition coefficient (Wildman–Crippen LogP) is 2.63. The summed E-state index contributed by atoms with van der Waals surface area (Å²) in [5, 5.41) is 7.71. The maximum atomic E-state index is 5.41. The Labute approximate surface area is 120 Å². The number of rotatable bonds is 4. The van der Waals surface area contributed by atoms with Crippen molar-refractivity contribution in [2.24, 2.45) is 5.92 Å². The molecule has 2 aliphatic rings. The van der Waals surface area contributed by atoms with Crippen molar-refractivity contribution in [2.75, 3.05) is 13.2 Å². The van der Waals surface area contributed by atoms with Gasteiger partial charge in [-0.15, -0.1) is 0 Å². The Balaban J connectivity index is 1.51. The summed E-state index contributed by atoms with van der Waals surface area (Å²) < 4.78 is 10.8. The highest BCUT2D eigenvalue weighted by Crippen LogP contribution is 2.26. The number of nitrogens with one attached hydrogen (secondary N) is 1. The molecule has 0 amide bonds. The van der Waals surface area contributed by atoms with Crippen LogP contribution in [0.1, 0.15) is 63.1 Å². The fourth-order valence-electron chi connectivity index (χ4n) is 3.29. The van der Waals surface area contributed by atoms with Gasteiger partial charge in [-0.1, -0.05) is 24.9 Å². The van der Waals surface area contributed by atoms with Gasteiger partial charge in [-0.25, -0.2) is 0 Å². The first-order valence-electron chi connectivity index (χ1n) is 7.96. The summed E-state index contributed by atoms with van der Waals surface area (Å²) in [7, 11) is 0. The van der Waals surface area contributed by atoms with Gasteiger partial charge in [0.2, 0.25) is 5.89 Å². The van der Waals surface area contributed by atoms with E-state index in [0.717, 1.165) is 50.2 Å². The van der Waals surface area contributed by atoms with E-state index in [1.54, 1.807) is 0 Å². The minimum atomic E-state index is 0.388. The molecule has 1 saturated carbocycles. The second-order valence-corrected chi connectivity index (χ2v) is 6.18. The molecule has 5 heteroatoms. The Hall–Kier alpha value is -0.940. The highest BCUT2D eigenvalue weighted by atomic mass is 16.5. The standard InChI is InChI=1S/C15H25N3O2/c1-11-4-2-3-5-13(11)16-10-14-17-15(20-18-14)12-6-8-19-9-7-12/h11-13,16H,2-10H2,1H3. The van der Waals surface area contributed by atoms with Gasteiger partial charge in [-0.2, -0.15) is 4.98 Å². The molecular formula is C15H25N3O2. The molecule has 1 aromatic heterocycles. The van der Waals surface area contributed by atoms with Crippen LogP contribution in [0.25, 0.3) is 0 Å². The molecule has 0 radical (unpaired) electrons. The third-order valence-electron chi connectivity index (χ3n) is 4.69. The zero-order chi connectivity index (χ0) is 13.8. The van der Waals surface area contributed by atoms with E-state index in [1.807, 2.05) is 0 Å². The SMILES string of the molecule is CC1CCCCC1NCc1noc(C2CCOCC2)n1. The second-order valence-electron chi connectivity index (χ2n) is 6.18. The first-order chi connectivity index (χ1) is 9.83. The molecule has 20 heavy (non-hydrogen) atoms. The van der Waals surface area contributed by atoms with Crippen molar-refractivity contribution < 1.29 is 9.26 Å². The van der Waals surface area contributed by atoms with Gasteiger partial charge in [0.15, 0.2) is 5.82 Å². The molecule has 1 aliphatic heterocycles. The molecule has 0 bridgehead atoms. The largest absolute Gasteiger partial charge is 0.381 e. The van der Waals surface area contributed by atoms with E-state index in [-0.39, 0.29) is 0 Å². The molecule has 2 unspecified atom stereocenters. The number of hydrogen-bond acceptors (Lipinski definition) is 5. The zero-order valence-corrected chi connectivity index (χ0v) is 12.3. The molecule has 112 valence electrons. The third kappa shape index (κ3) is 3.38. The summed E-state index contributed by atoms with van der Waals surface area (Å²) >= 11 is 0. The van der Waals surface area contributed by atoms with Crippen molar-refractivity contribution in [1.29, 1.82) is 0 Å². The van der Waals surface area contributed by atoms with Gasteiger partial charge in [0.1, 0.15) is 0 Å². The highest BCUT2D eigenvalue weighted by molar-refractivity contribution is 4.95. The van der Waals surface area contributed by atoms with Gasteiger partial charge < -0.3 is 14.6 Å². The Morgan fingerprint density at radius 2 is 1.95 bits per heavy atom. The van der Waals surface area contributed by atoms with Gasteiger partial charge in [0.25, 0.3) is 0 Å². The van der Waals surface area contributed by atoms with E-state index >= 15 is 0 Å². The van der Waals surface area contributed by atoms with Crippen LogP contribution in [0.4, 0.5) is 0 Å². The first kappa shape index (κ1) is 14.0. The van der Waals surface area contributed by atoms with Gasteiger partial charge >= 0.3 is 0 Å². The van der Waals surface area contributed by atoms with Crippen molar-refractivity contribution in [2.45, 2.75) is 64.0 Å². The van der Waals surface area contributed by atoms with Crippen LogP contribution in [0, 0.1) is 5.92 Å². The summed E-state index contributed by atoms with van der Waals surface area (Å²) in [5.41, 5.74) is 0. The molecular weight excluding hydrogens is 254 g/mol. The van der Waals surface area contributed by atoms with Crippen LogP contribution in [-0.4, -0.2) is 29.4 Å². The average molecular weight is 279 g/mol. The van der Waals surface area contributed by atoms with Crippen LogP contribution in [0.5, 0.6) is 0 Å². The Bertz CT molecular complexity index is 415. The van der Waals surface area contributed by atoms with Gasteiger partial charge in [0.05, 0.1) is 6.54 Å². The molecule has 2 fully saturated rings. The molecule has 1 saturated heterocycles. The Kier molecular flexibility index (Phi) is 4.68. The van der Waals surface area contributed by atoms with E-state index in [9.17, 15) is 0 Å². The van der Waals surface area contributed by atoms with Crippen molar-refractivity contribution >= 4 is 0 Å². The Morgan fingerprint density at radius 1 is 1.15 bits per heavy atom. The monoisotopic (exact) mass is 279 g/mol. The van der Waals surface area contributed by atoms with E-state index in [0.29, 0.717) is 12.0 Å². The molecule has 3 rings (SSSR count). The Morgan fingerprint density at radius 3 is 2.75 bits per heavy atom. The lowest BCUT2D eigenvalue weighted by molar-refractivity contribution is 0.0778. The van der Waals surface area contributed by atoms with Gasteiger partial charge in [-0.05, 0) is 31.6 Å². The second kappa shape index (κ2) is 6.68. The summed E-state index contributed by atoms with van der Waals surface area (Å²) in [6.07, 6.45) is 7.30. The van der Waals surface area contributed by atoms with Crippen LogP contribution in [-0.2, 0) is 11.3 Å². The lowest BCUT2D eigenvalue weighted by atomic mass is 9.86. The topological polar surface area (TPSA) is 60.2 Å². The highest BCUT2D eigenvalue weighted by Gasteiger charge is 2.23. The molecule has 1 N–H and O–H groups in total. The zero-order valence-electron chi connectivity index (χ0n) is 12.3. The molecule has 5 nitrogen and oxygen atoms in total. The van der Waals surface area contributed by atoms with E-state index in [4.69, 9.17) is 9.26 Å².